The van der Waals surface area contributed by atoms with Crippen molar-refractivity contribution in [3.63, 3.8) is 0 Å². The van der Waals surface area contributed by atoms with Gasteiger partial charge in [0.05, 0.1) is 31.2 Å². The minimum Gasteiger partial charge on any atom is -0.493 e. The highest BCUT2D eigenvalue weighted by Gasteiger charge is 2.17. The van der Waals surface area contributed by atoms with Crippen molar-refractivity contribution in [1.29, 1.82) is 0 Å². The molecule has 174 valence electrons. The molecule has 1 aliphatic heterocycles. The molecule has 2 aromatic carbocycles. The molecule has 0 spiro atoms. The predicted molar refractivity (Wildman–Crippen MR) is 128 cm³/mol. The molecular formula is C24H27N3O5S. The summed E-state index contributed by atoms with van der Waals surface area (Å²) in [6.45, 7) is 1.62. The molecule has 33 heavy (non-hydrogen) atoms. The van der Waals surface area contributed by atoms with Crippen LogP contribution in [-0.4, -0.2) is 48.9 Å². The van der Waals surface area contributed by atoms with Crippen LogP contribution in [0.2, 0.25) is 0 Å². The van der Waals surface area contributed by atoms with E-state index in [2.05, 4.69) is 10.3 Å². The second kappa shape index (κ2) is 10.2. The molecule has 2 N–H and O–H groups in total. The van der Waals surface area contributed by atoms with Gasteiger partial charge >= 0.3 is 0 Å². The summed E-state index contributed by atoms with van der Waals surface area (Å²) in [5.74, 6) is 1.08. The number of benzene rings is 2. The number of rotatable bonds is 8. The smallest absolute Gasteiger partial charge is 0.262 e. The van der Waals surface area contributed by atoms with Gasteiger partial charge in [0.1, 0.15) is 0 Å². The summed E-state index contributed by atoms with van der Waals surface area (Å²) in [5, 5.41) is 3.37. The molecule has 1 amide bonds. The van der Waals surface area contributed by atoms with Gasteiger partial charge in [0, 0.05) is 25.3 Å². The average molecular weight is 470 g/mol. The topological polar surface area (TPSA) is 94.6 Å². The first-order valence-corrected chi connectivity index (χ1v) is 11.3. The van der Waals surface area contributed by atoms with E-state index in [1.807, 2.05) is 18.2 Å². The van der Waals surface area contributed by atoms with Gasteiger partial charge in [0.25, 0.3) is 11.5 Å². The fraction of sp³-hybridized carbons (Fsp3) is 0.375. The van der Waals surface area contributed by atoms with Crippen LogP contribution in [0.1, 0.15) is 28.8 Å². The van der Waals surface area contributed by atoms with Crippen molar-refractivity contribution in [2.24, 2.45) is 0 Å². The number of carbonyl (C=O) groups is 1. The van der Waals surface area contributed by atoms with Crippen molar-refractivity contribution in [2.45, 2.75) is 31.9 Å². The molecule has 1 aliphatic rings. The Labute approximate surface area is 196 Å². The van der Waals surface area contributed by atoms with E-state index in [1.54, 1.807) is 32.4 Å². The largest absolute Gasteiger partial charge is 0.493 e. The van der Waals surface area contributed by atoms with Gasteiger partial charge in [-0.2, -0.15) is 0 Å². The number of nitrogens with one attached hydrogen (secondary N) is 2. The minimum absolute atomic E-state index is 0.0677. The van der Waals surface area contributed by atoms with E-state index < -0.39 is 0 Å². The van der Waals surface area contributed by atoms with Gasteiger partial charge in [0.2, 0.25) is 0 Å². The molecule has 9 heteroatoms. The zero-order chi connectivity index (χ0) is 23.4. The number of carbonyl (C=O) groups excluding carboxylic acids is 1. The molecule has 0 aliphatic carbocycles. The van der Waals surface area contributed by atoms with E-state index in [-0.39, 0.29) is 17.6 Å². The van der Waals surface area contributed by atoms with Gasteiger partial charge in [-0.05, 0) is 67.4 Å². The van der Waals surface area contributed by atoms with Crippen molar-refractivity contribution in [2.75, 3.05) is 27.4 Å². The zero-order valence-electron chi connectivity index (χ0n) is 18.7. The third-order valence-electron chi connectivity index (χ3n) is 5.83. The van der Waals surface area contributed by atoms with Crippen molar-refractivity contribution < 1.29 is 19.0 Å². The van der Waals surface area contributed by atoms with E-state index in [0.717, 1.165) is 25.0 Å². The maximum atomic E-state index is 13.1. The Balaban J connectivity index is 1.52. The molecule has 0 unspecified atom stereocenters. The second-order valence-corrected chi connectivity index (χ2v) is 8.32. The fourth-order valence-corrected chi connectivity index (χ4v) is 4.27. The molecule has 1 atom stereocenters. The third-order valence-corrected chi connectivity index (χ3v) is 6.15. The van der Waals surface area contributed by atoms with Gasteiger partial charge < -0.3 is 24.5 Å². The molecule has 4 rings (SSSR count). The lowest BCUT2D eigenvalue weighted by Crippen LogP contribution is -2.31. The number of aromatic nitrogens is 2. The quantitative estimate of drug-likeness (QED) is 0.492. The molecular weight excluding hydrogens is 442 g/mol. The summed E-state index contributed by atoms with van der Waals surface area (Å²) in [5.41, 5.74) is 1.80. The lowest BCUT2D eigenvalue weighted by Gasteiger charge is -2.12. The lowest BCUT2D eigenvalue weighted by molar-refractivity contribution is 0.0858. The van der Waals surface area contributed by atoms with Crippen LogP contribution >= 0.6 is 12.2 Å². The number of methoxy groups -OCH3 is 2. The lowest BCUT2D eigenvalue weighted by atomic mass is 10.1. The van der Waals surface area contributed by atoms with Crippen molar-refractivity contribution in [3.8, 4) is 11.5 Å². The molecule has 8 nitrogen and oxygen atoms in total. The number of hydrogen-bond donors (Lipinski definition) is 2. The Kier molecular flexibility index (Phi) is 7.10. The number of ether oxygens (including phenoxy) is 3. The maximum absolute atomic E-state index is 13.1. The fourth-order valence-electron chi connectivity index (χ4n) is 3.99. The highest BCUT2D eigenvalue weighted by molar-refractivity contribution is 7.71. The number of fused-ring (bicyclic) bond motifs is 1. The van der Waals surface area contributed by atoms with E-state index in [4.69, 9.17) is 26.4 Å². The standard InChI is InChI=1S/C24H27N3O5S/c1-30-20-8-5-15(12-21(20)31-2)9-10-27-23(29)18-7-6-16(13-19(18)26-24(27)33)22(28)25-14-17-4-3-11-32-17/h5-8,12-13,17H,3-4,9-11,14H2,1-2H3,(H,25,28)(H,26,33)/t17-/m1/s1. The summed E-state index contributed by atoms with van der Waals surface area (Å²) in [6.07, 6.45) is 2.63. The van der Waals surface area contributed by atoms with Gasteiger partial charge in [-0.3, -0.25) is 14.2 Å². The van der Waals surface area contributed by atoms with Crippen LogP contribution in [0.4, 0.5) is 0 Å². The Bertz CT molecular complexity index is 1280. The van der Waals surface area contributed by atoms with Crippen LogP contribution in [0.3, 0.4) is 0 Å². The van der Waals surface area contributed by atoms with Gasteiger partial charge in [0.15, 0.2) is 16.3 Å². The molecule has 0 bridgehead atoms. The van der Waals surface area contributed by atoms with E-state index >= 15 is 0 Å². The first-order valence-electron chi connectivity index (χ1n) is 10.9. The van der Waals surface area contributed by atoms with Crippen LogP contribution in [-0.2, 0) is 17.7 Å². The van der Waals surface area contributed by atoms with Crippen LogP contribution in [0.25, 0.3) is 10.9 Å². The Hall–Kier alpha value is -3.17. The van der Waals surface area contributed by atoms with Gasteiger partial charge in [-0.25, -0.2) is 0 Å². The summed E-state index contributed by atoms with van der Waals surface area (Å²) < 4.78 is 18.0. The summed E-state index contributed by atoms with van der Waals surface area (Å²) >= 11 is 5.45. The summed E-state index contributed by atoms with van der Waals surface area (Å²) in [6, 6.07) is 10.6. The maximum Gasteiger partial charge on any atom is 0.262 e. The number of aromatic amines is 1. The molecule has 3 aromatic rings. The van der Waals surface area contributed by atoms with Crippen molar-refractivity contribution in [1.82, 2.24) is 14.9 Å². The van der Waals surface area contributed by atoms with E-state index in [0.29, 0.717) is 52.2 Å². The zero-order valence-corrected chi connectivity index (χ0v) is 19.5. The van der Waals surface area contributed by atoms with Crippen LogP contribution in [0.5, 0.6) is 11.5 Å². The molecule has 1 aromatic heterocycles. The Morgan fingerprint density at radius 1 is 1.21 bits per heavy atom. The van der Waals surface area contributed by atoms with Crippen molar-refractivity contribution in [3.05, 3.63) is 62.6 Å². The van der Waals surface area contributed by atoms with Crippen LogP contribution in [0, 0.1) is 4.77 Å². The predicted octanol–water partition coefficient (Wildman–Crippen LogP) is 3.23. The van der Waals surface area contributed by atoms with Gasteiger partial charge in [-0.15, -0.1) is 0 Å². The molecule has 1 saturated heterocycles. The first kappa shape index (κ1) is 23.0. The van der Waals surface area contributed by atoms with E-state index in [9.17, 15) is 9.59 Å². The van der Waals surface area contributed by atoms with Crippen LogP contribution in [0.15, 0.2) is 41.2 Å². The second-order valence-electron chi connectivity index (χ2n) is 7.93. The highest BCUT2D eigenvalue weighted by Crippen LogP contribution is 2.27. The molecule has 2 heterocycles. The Morgan fingerprint density at radius 3 is 2.76 bits per heavy atom. The monoisotopic (exact) mass is 469 g/mol. The molecule has 1 fully saturated rings. The highest BCUT2D eigenvalue weighted by atomic mass is 32.1. The minimum atomic E-state index is -0.204. The van der Waals surface area contributed by atoms with E-state index in [1.165, 1.54) is 4.57 Å². The Morgan fingerprint density at radius 2 is 2.03 bits per heavy atom. The molecule has 0 saturated carbocycles. The number of hydrogen-bond acceptors (Lipinski definition) is 6. The first-order chi connectivity index (χ1) is 16.0. The summed E-state index contributed by atoms with van der Waals surface area (Å²) in [7, 11) is 3.17. The number of H-pyrrole nitrogens is 1. The molecule has 0 radical (unpaired) electrons. The number of nitrogens with zero attached hydrogens (tertiary/aromatic N) is 1. The summed E-state index contributed by atoms with van der Waals surface area (Å²) in [4.78, 5) is 28.7. The normalized spacial score (nSPS) is 15.5. The van der Waals surface area contributed by atoms with Gasteiger partial charge in [-0.1, -0.05) is 6.07 Å². The SMILES string of the molecule is COc1ccc(CCn2c(=S)[nH]c3cc(C(=O)NC[C@H]4CCCO4)ccc3c2=O)cc1OC. The third kappa shape index (κ3) is 5.09. The van der Waals surface area contributed by atoms with Crippen LogP contribution < -0.4 is 20.3 Å². The van der Waals surface area contributed by atoms with Crippen molar-refractivity contribution >= 4 is 29.0 Å². The number of amides is 1. The number of aryl methyl sites for hydroxylation is 1. The average Bonchev–Trinajstić information content (AvgIpc) is 3.35.